The van der Waals surface area contributed by atoms with E-state index in [1.165, 1.54) is 0 Å². The number of rotatable bonds is 7. The summed E-state index contributed by atoms with van der Waals surface area (Å²) in [7, 11) is 0. The van der Waals surface area contributed by atoms with Crippen molar-refractivity contribution in [1.82, 2.24) is 14.8 Å². The van der Waals surface area contributed by atoms with Crippen molar-refractivity contribution in [2.45, 2.75) is 37.7 Å². The fourth-order valence-corrected chi connectivity index (χ4v) is 4.81. The van der Waals surface area contributed by atoms with E-state index in [4.69, 9.17) is 8.83 Å². The fraction of sp³-hybridized carbons (Fsp3) is 0.192. The van der Waals surface area contributed by atoms with Crippen molar-refractivity contribution in [3.63, 3.8) is 0 Å². The monoisotopic (exact) mass is 457 g/mol. The first-order chi connectivity index (χ1) is 16.1. The lowest BCUT2D eigenvalue weighted by atomic mass is 10.1. The molecule has 0 bridgehead atoms. The van der Waals surface area contributed by atoms with Crippen molar-refractivity contribution in [3.05, 3.63) is 99.8 Å². The number of aromatic nitrogens is 3. The average Bonchev–Trinajstić information content (AvgIpc) is 3.43. The van der Waals surface area contributed by atoms with Crippen LogP contribution in [0.25, 0.3) is 22.4 Å². The zero-order valence-corrected chi connectivity index (χ0v) is 19.3. The standard InChI is InChI=1S/C26H23N3O3S/c1-3-18-9-10-22-20(14-24(30)32-23(22)13-18)16-33-26-28-27-25(21-11-12-31-17(21)2)29(26)15-19-7-5-4-6-8-19/h4-14H,3,15-16H2,1-2H3. The van der Waals surface area contributed by atoms with Gasteiger partial charge in [0.05, 0.1) is 18.4 Å². The Morgan fingerprint density at radius 3 is 2.61 bits per heavy atom. The zero-order valence-electron chi connectivity index (χ0n) is 18.4. The maximum absolute atomic E-state index is 12.2. The summed E-state index contributed by atoms with van der Waals surface area (Å²) in [6.07, 6.45) is 2.55. The lowest BCUT2D eigenvalue weighted by molar-refractivity contribution is 0.534. The van der Waals surface area contributed by atoms with Crippen molar-refractivity contribution in [2.24, 2.45) is 0 Å². The van der Waals surface area contributed by atoms with Gasteiger partial charge in [-0.1, -0.05) is 61.2 Å². The predicted molar refractivity (Wildman–Crippen MR) is 129 cm³/mol. The van der Waals surface area contributed by atoms with E-state index in [9.17, 15) is 4.79 Å². The average molecular weight is 458 g/mol. The third kappa shape index (κ3) is 4.36. The molecular weight excluding hydrogens is 434 g/mol. The molecule has 0 radical (unpaired) electrons. The smallest absolute Gasteiger partial charge is 0.336 e. The van der Waals surface area contributed by atoms with Gasteiger partial charge in [-0.2, -0.15) is 0 Å². The van der Waals surface area contributed by atoms with E-state index in [1.807, 2.05) is 43.3 Å². The van der Waals surface area contributed by atoms with Gasteiger partial charge < -0.3 is 8.83 Å². The third-order valence-corrected chi connectivity index (χ3v) is 6.68. The molecule has 0 N–H and O–H groups in total. The number of benzene rings is 2. The molecule has 0 saturated carbocycles. The molecule has 33 heavy (non-hydrogen) atoms. The number of furan rings is 1. The SMILES string of the molecule is CCc1ccc2c(CSc3nnc(-c4ccoc4C)n3Cc3ccccc3)cc(=O)oc2c1. The van der Waals surface area contributed by atoms with Gasteiger partial charge in [0.1, 0.15) is 11.3 Å². The zero-order chi connectivity index (χ0) is 22.8. The van der Waals surface area contributed by atoms with Gasteiger partial charge in [0.15, 0.2) is 11.0 Å². The maximum atomic E-state index is 12.2. The molecule has 0 unspecified atom stereocenters. The minimum Gasteiger partial charge on any atom is -0.469 e. The molecule has 3 aromatic heterocycles. The Hall–Kier alpha value is -3.58. The molecule has 2 aromatic carbocycles. The molecule has 6 nitrogen and oxygen atoms in total. The molecule has 0 aliphatic carbocycles. The van der Waals surface area contributed by atoms with Gasteiger partial charge >= 0.3 is 5.63 Å². The molecule has 0 aliphatic heterocycles. The molecule has 7 heteroatoms. The number of hydrogen-bond acceptors (Lipinski definition) is 6. The van der Waals surface area contributed by atoms with Crippen LogP contribution in [0.15, 0.2) is 85.7 Å². The van der Waals surface area contributed by atoms with Crippen LogP contribution in [0.2, 0.25) is 0 Å². The van der Waals surface area contributed by atoms with E-state index in [0.717, 1.165) is 50.8 Å². The van der Waals surface area contributed by atoms with Gasteiger partial charge in [-0.15, -0.1) is 10.2 Å². The van der Waals surface area contributed by atoms with Crippen LogP contribution in [0.3, 0.4) is 0 Å². The molecule has 0 spiro atoms. The highest BCUT2D eigenvalue weighted by molar-refractivity contribution is 7.98. The topological polar surface area (TPSA) is 74.1 Å². The number of aryl methyl sites for hydroxylation is 2. The van der Waals surface area contributed by atoms with E-state index in [1.54, 1.807) is 24.1 Å². The molecular formula is C26H23N3O3S. The highest BCUT2D eigenvalue weighted by Gasteiger charge is 2.18. The molecule has 5 rings (SSSR count). The molecule has 3 heterocycles. The summed E-state index contributed by atoms with van der Waals surface area (Å²) in [5.41, 5.74) is 4.41. The summed E-state index contributed by atoms with van der Waals surface area (Å²) < 4.78 is 13.1. The summed E-state index contributed by atoms with van der Waals surface area (Å²) in [5, 5.41) is 10.7. The lowest BCUT2D eigenvalue weighted by Gasteiger charge is -2.11. The molecule has 5 aromatic rings. The van der Waals surface area contributed by atoms with Crippen LogP contribution in [0.1, 0.15) is 29.4 Å². The van der Waals surface area contributed by atoms with Crippen LogP contribution in [-0.2, 0) is 18.7 Å². The van der Waals surface area contributed by atoms with Crippen molar-refractivity contribution in [1.29, 1.82) is 0 Å². The Bertz CT molecular complexity index is 1470. The second-order valence-electron chi connectivity index (χ2n) is 7.83. The van der Waals surface area contributed by atoms with Gasteiger partial charge in [0.2, 0.25) is 0 Å². The van der Waals surface area contributed by atoms with Gasteiger partial charge in [0.25, 0.3) is 0 Å². The molecule has 166 valence electrons. The Kier molecular flexibility index (Phi) is 5.88. The number of fused-ring (bicyclic) bond motifs is 1. The quantitative estimate of drug-likeness (QED) is 0.225. The van der Waals surface area contributed by atoms with Crippen LogP contribution >= 0.6 is 11.8 Å². The highest BCUT2D eigenvalue weighted by Crippen LogP contribution is 2.31. The molecule has 0 atom stereocenters. The van der Waals surface area contributed by atoms with Crippen LogP contribution in [-0.4, -0.2) is 14.8 Å². The van der Waals surface area contributed by atoms with E-state index in [2.05, 4.69) is 39.9 Å². The second-order valence-corrected chi connectivity index (χ2v) is 8.77. The summed E-state index contributed by atoms with van der Waals surface area (Å²) in [6, 6.07) is 19.8. The Morgan fingerprint density at radius 2 is 1.85 bits per heavy atom. The first-order valence-corrected chi connectivity index (χ1v) is 11.8. The number of hydrogen-bond donors (Lipinski definition) is 0. The Balaban J connectivity index is 1.51. The van der Waals surface area contributed by atoms with Gasteiger partial charge in [-0.25, -0.2) is 4.79 Å². The lowest BCUT2D eigenvalue weighted by Crippen LogP contribution is -2.05. The van der Waals surface area contributed by atoms with Crippen LogP contribution < -0.4 is 5.63 Å². The minimum atomic E-state index is -0.341. The Morgan fingerprint density at radius 1 is 1.00 bits per heavy atom. The van der Waals surface area contributed by atoms with E-state index < -0.39 is 0 Å². The van der Waals surface area contributed by atoms with Gasteiger partial charge in [-0.3, -0.25) is 4.57 Å². The van der Waals surface area contributed by atoms with Crippen molar-refractivity contribution in [2.75, 3.05) is 0 Å². The molecule has 0 amide bonds. The second kappa shape index (κ2) is 9.11. The predicted octanol–water partition coefficient (Wildman–Crippen LogP) is 5.86. The van der Waals surface area contributed by atoms with Crippen molar-refractivity contribution in [3.8, 4) is 11.4 Å². The minimum absolute atomic E-state index is 0.341. The Labute approximate surface area is 195 Å². The summed E-state index contributed by atoms with van der Waals surface area (Å²) in [5.74, 6) is 2.13. The van der Waals surface area contributed by atoms with E-state index >= 15 is 0 Å². The maximum Gasteiger partial charge on any atom is 0.336 e. The van der Waals surface area contributed by atoms with E-state index in [-0.39, 0.29) is 5.63 Å². The van der Waals surface area contributed by atoms with Crippen LogP contribution in [0.4, 0.5) is 0 Å². The molecule has 0 saturated heterocycles. The third-order valence-electron chi connectivity index (χ3n) is 5.66. The van der Waals surface area contributed by atoms with Crippen molar-refractivity contribution >= 4 is 22.7 Å². The van der Waals surface area contributed by atoms with Crippen molar-refractivity contribution < 1.29 is 8.83 Å². The normalized spacial score (nSPS) is 11.3. The highest BCUT2D eigenvalue weighted by atomic mass is 32.2. The van der Waals surface area contributed by atoms with E-state index in [0.29, 0.717) is 17.9 Å². The largest absolute Gasteiger partial charge is 0.469 e. The molecule has 0 fully saturated rings. The number of thioether (sulfide) groups is 1. The number of nitrogens with zero attached hydrogens (tertiary/aromatic N) is 3. The van der Waals surface area contributed by atoms with Crippen LogP contribution in [0.5, 0.6) is 0 Å². The molecule has 0 aliphatic rings. The van der Waals surface area contributed by atoms with Gasteiger partial charge in [-0.05, 0) is 42.2 Å². The van der Waals surface area contributed by atoms with Gasteiger partial charge in [0, 0.05) is 17.2 Å². The first kappa shape index (κ1) is 21.3. The summed E-state index contributed by atoms with van der Waals surface area (Å²) in [4.78, 5) is 12.2. The summed E-state index contributed by atoms with van der Waals surface area (Å²) in [6.45, 7) is 4.63. The van der Waals surface area contributed by atoms with Crippen LogP contribution in [0, 0.1) is 6.92 Å². The summed E-state index contributed by atoms with van der Waals surface area (Å²) >= 11 is 1.56. The fourth-order valence-electron chi connectivity index (χ4n) is 3.88. The first-order valence-electron chi connectivity index (χ1n) is 10.8.